The number of rotatable bonds is 2. The summed E-state index contributed by atoms with van der Waals surface area (Å²) >= 11 is 0. The Labute approximate surface area is 137 Å². The van der Waals surface area contributed by atoms with E-state index >= 15 is 0 Å². The van der Waals surface area contributed by atoms with E-state index in [1.807, 2.05) is 6.92 Å². The zero-order valence-corrected chi connectivity index (χ0v) is 14.4. The predicted octanol–water partition coefficient (Wildman–Crippen LogP) is 2.55. The summed E-state index contributed by atoms with van der Waals surface area (Å²) in [5.74, 6) is 1.31. The van der Waals surface area contributed by atoms with Crippen molar-refractivity contribution >= 4 is 22.8 Å². The van der Waals surface area contributed by atoms with E-state index in [1.165, 1.54) is 11.1 Å². The van der Waals surface area contributed by atoms with Crippen molar-refractivity contribution in [2.75, 3.05) is 18.7 Å². The van der Waals surface area contributed by atoms with E-state index < -0.39 is 0 Å². The topological polar surface area (TPSA) is 65.4 Å². The third-order valence-electron chi connectivity index (χ3n) is 4.32. The van der Waals surface area contributed by atoms with Crippen molar-refractivity contribution < 1.29 is 0 Å². The van der Waals surface area contributed by atoms with Crippen LogP contribution in [0, 0.1) is 20.8 Å². The van der Waals surface area contributed by atoms with Gasteiger partial charge in [-0.05, 0) is 57.9 Å². The van der Waals surface area contributed by atoms with Gasteiger partial charge in [-0.3, -0.25) is 10.2 Å². The first-order chi connectivity index (χ1) is 10.9. The molecule has 0 radical (unpaired) electrons. The zero-order valence-electron chi connectivity index (χ0n) is 14.4. The molecule has 0 bridgehead atoms. The molecule has 6 nitrogen and oxygen atoms in total. The first-order valence-corrected chi connectivity index (χ1v) is 7.99. The number of nitrogens with one attached hydrogen (secondary N) is 2. The smallest absolute Gasteiger partial charge is 0.230 e. The highest BCUT2D eigenvalue weighted by Gasteiger charge is 2.15. The van der Waals surface area contributed by atoms with Crippen LogP contribution in [0.15, 0.2) is 17.1 Å². The van der Waals surface area contributed by atoms with Crippen LogP contribution in [-0.2, 0) is 0 Å². The van der Waals surface area contributed by atoms with Gasteiger partial charge in [0.25, 0.3) is 0 Å². The summed E-state index contributed by atoms with van der Waals surface area (Å²) in [7, 11) is 0. The first-order valence-electron chi connectivity index (χ1n) is 7.99. The summed E-state index contributed by atoms with van der Waals surface area (Å²) < 4.78 is 0. The van der Waals surface area contributed by atoms with Crippen molar-refractivity contribution in [3.05, 3.63) is 29.0 Å². The van der Waals surface area contributed by atoms with Gasteiger partial charge in [0.05, 0.1) is 24.5 Å². The van der Waals surface area contributed by atoms with Gasteiger partial charge < -0.3 is 5.32 Å². The van der Waals surface area contributed by atoms with Crippen LogP contribution in [-0.4, -0.2) is 40.2 Å². The molecule has 2 N–H and O–H groups in total. The summed E-state index contributed by atoms with van der Waals surface area (Å²) in [6, 6.07) is 4.74. The standard InChI is InChI=1S/C17H24N6/c1-10(2)23-8-18-16(19-9-23)22-17-20-13(5)14-6-11(3)12(4)7-15(14)21-17/h6-7,10H,8-9H2,1-5H3,(H2,18,19,20,21,22). The molecule has 122 valence electrons. The van der Waals surface area contributed by atoms with E-state index in [0.29, 0.717) is 18.7 Å². The van der Waals surface area contributed by atoms with Gasteiger partial charge in [0.2, 0.25) is 11.9 Å². The fraction of sp³-hybridized carbons (Fsp3) is 0.471. The van der Waals surface area contributed by atoms with Crippen LogP contribution in [0.1, 0.15) is 30.7 Å². The van der Waals surface area contributed by atoms with Crippen molar-refractivity contribution in [2.24, 2.45) is 4.99 Å². The number of guanidine groups is 1. The highest BCUT2D eigenvalue weighted by atomic mass is 15.4. The lowest BCUT2D eigenvalue weighted by Crippen LogP contribution is -2.48. The predicted molar refractivity (Wildman–Crippen MR) is 94.7 cm³/mol. The maximum Gasteiger partial charge on any atom is 0.230 e. The second-order valence-corrected chi connectivity index (χ2v) is 6.38. The van der Waals surface area contributed by atoms with Gasteiger partial charge in [-0.1, -0.05) is 0 Å². The van der Waals surface area contributed by atoms with Crippen LogP contribution in [0.3, 0.4) is 0 Å². The van der Waals surface area contributed by atoms with Crippen molar-refractivity contribution in [3.8, 4) is 0 Å². The van der Waals surface area contributed by atoms with Crippen LogP contribution >= 0.6 is 0 Å². The molecule has 0 fully saturated rings. The number of nitrogens with zero attached hydrogens (tertiary/aromatic N) is 4. The lowest BCUT2D eigenvalue weighted by molar-refractivity contribution is 0.214. The molecule has 1 aliphatic rings. The van der Waals surface area contributed by atoms with Gasteiger partial charge in [-0.25, -0.2) is 15.0 Å². The van der Waals surface area contributed by atoms with Crippen LogP contribution in [0.25, 0.3) is 10.9 Å². The average Bonchev–Trinajstić information content (AvgIpc) is 2.50. The fourth-order valence-corrected chi connectivity index (χ4v) is 2.58. The number of anilines is 1. The summed E-state index contributed by atoms with van der Waals surface area (Å²) in [6.45, 7) is 12.0. The number of hydrogen-bond acceptors (Lipinski definition) is 6. The van der Waals surface area contributed by atoms with Crippen LogP contribution in [0.2, 0.25) is 0 Å². The highest BCUT2D eigenvalue weighted by Crippen LogP contribution is 2.21. The number of aliphatic imine (C=N–C) groups is 1. The molecule has 23 heavy (non-hydrogen) atoms. The minimum Gasteiger partial charge on any atom is -0.343 e. The third kappa shape index (κ3) is 3.27. The van der Waals surface area contributed by atoms with E-state index in [-0.39, 0.29) is 0 Å². The largest absolute Gasteiger partial charge is 0.343 e. The SMILES string of the molecule is Cc1cc2nc(NC3=NCN(C(C)C)CN3)nc(C)c2cc1C. The minimum absolute atomic E-state index is 0.471. The van der Waals surface area contributed by atoms with E-state index in [0.717, 1.165) is 29.2 Å². The molecule has 0 aliphatic carbocycles. The second kappa shape index (κ2) is 6.12. The lowest BCUT2D eigenvalue weighted by atomic mass is 10.1. The van der Waals surface area contributed by atoms with Gasteiger partial charge in [0.15, 0.2) is 0 Å². The molecule has 0 saturated carbocycles. The van der Waals surface area contributed by atoms with Gasteiger partial charge in [-0.2, -0.15) is 0 Å². The Balaban J connectivity index is 1.85. The summed E-state index contributed by atoms with van der Waals surface area (Å²) in [5.41, 5.74) is 4.43. The third-order valence-corrected chi connectivity index (χ3v) is 4.32. The molecule has 6 heteroatoms. The normalized spacial score (nSPS) is 15.7. The molecular formula is C17H24N6. The molecule has 0 amide bonds. The van der Waals surface area contributed by atoms with E-state index in [1.54, 1.807) is 0 Å². The quantitative estimate of drug-likeness (QED) is 0.892. The Morgan fingerprint density at radius 2 is 1.87 bits per heavy atom. The molecule has 1 aromatic carbocycles. The number of hydrogen-bond donors (Lipinski definition) is 2. The number of aromatic nitrogens is 2. The van der Waals surface area contributed by atoms with Gasteiger partial charge in [0.1, 0.15) is 0 Å². The fourth-order valence-electron chi connectivity index (χ4n) is 2.58. The first kappa shape index (κ1) is 15.7. The molecule has 2 heterocycles. The van der Waals surface area contributed by atoms with Crippen molar-refractivity contribution in [2.45, 2.75) is 40.7 Å². The summed E-state index contributed by atoms with van der Waals surface area (Å²) in [6.07, 6.45) is 0. The Kier molecular flexibility index (Phi) is 4.17. The Morgan fingerprint density at radius 1 is 1.13 bits per heavy atom. The van der Waals surface area contributed by atoms with Crippen molar-refractivity contribution in [1.29, 1.82) is 0 Å². The summed E-state index contributed by atoms with van der Waals surface area (Å²) in [4.78, 5) is 15.9. The Bertz CT molecular complexity index is 765. The zero-order chi connectivity index (χ0) is 16.6. The van der Waals surface area contributed by atoms with Crippen molar-refractivity contribution in [1.82, 2.24) is 20.2 Å². The number of aryl methyl sites for hydroxylation is 3. The van der Waals surface area contributed by atoms with Crippen LogP contribution < -0.4 is 10.6 Å². The number of benzene rings is 1. The molecule has 3 rings (SSSR count). The second-order valence-electron chi connectivity index (χ2n) is 6.38. The van der Waals surface area contributed by atoms with Gasteiger partial charge in [0, 0.05) is 11.4 Å². The van der Waals surface area contributed by atoms with Crippen LogP contribution in [0.4, 0.5) is 5.95 Å². The average molecular weight is 312 g/mol. The molecule has 0 atom stereocenters. The molecule has 1 aromatic heterocycles. The minimum atomic E-state index is 0.471. The van der Waals surface area contributed by atoms with Gasteiger partial charge >= 0.3 is 0 Å². The Morgan fingerprint density at radius 3 is 2.52 bits per heavy atom. The number of fused-ring (bicyclic) bond motifs is 1. The summed E-state index contributed by atoms with van der Waals surface area (Å²) in [5, 5.41) is 7.57. The molecule has 0 unspecified atom stereocenters. The maximum absolute atomic E-state index is 4.63. The molecule has 1 aliphatic heterocycles. The molecule has 0 saturated heterocycles. The molecule has 0 spiro atoms. The molecular weight excluding hydrogens is 288 g/mol. The van der Waals surface area contributed by atoms with Crippen LogP contribution in [0.5, 0.6) is 0 Å². The van der Waals surface area contributed by atoms with E-state index in [4.69, 9.17) is 0 Å². The Hall–Kier alpha value is -2.21. The highest BCUT2D eigenvalue weighted by molar-refractivity contribution is 5.93. The maximum atomic E-state index is 4.63. The van der Waals surface area contributed by atoms with E-state index in [2.05, 4.69) is 70.3 Å². The monoisotopic (exact) mass is 312 g/mol. The lowest BCUT2D eigenvalue weighted by Gasteiger charge is -2.29. The molecule has 2 aromatic rings. The van der Waals surface area contributed by atoms with Crippen molar-refractivity contribution in [3.63, 3.8) is 0 Å². The van der Waals surface area contributed by atoms with Gasteiger partial charge in [-0.15, -0.1) is 0 Å². The van der Waals surface area contributed by atoms with E-state index in [9.17, 15) is 0 Å².